The summed E-state index contributed by atoms with van der Waals surface area (Å²) in [6.45, 7) is 1.21. The lowest BCUT2D eigenvalue weighted by Crippen LogP contribution is -2.39. The molecule has 0 spiro atoms. The van der Waals surface area contributed by atoms with Gasteiger partial charge >= 0.3 is 0 Å². The van der Waals surface area contributed by atoms with Crippen LogP contribution in [-0.2, 0) is 6.42 Å². The number of hydrogen-bond acceptors (Lipinski definition) is 2. The zero-order chi connectivity index (χ0) is 11.0. The van der Waals surface area contributed by atoms with E-state index in [1.807, 2.05) is 11.3 Å². The zero-order valence-electron chi connectivity index (χ0n) is 10.0. The van der Waals surface area contributed by atoms with E-state index in [2.05, 4.69) is 29.9 Å². The molecular formula is C14H21NS. The van der Waals surface area contributed by atoms with Crippen molar-refractivity contribution in [3.63, 3.8) is 0 Å². The highest BCUT2D eigenvalue weighted by Gasteiger charge is 2.50. The second-order valence-corrected chi connectivity index (χ2v) is 6.76. The van der Waals surface area contributed by atoms with Crippen molar-refractivity contribution >= 4 is 11.3 Å². The Labute approximate surface area is 102 Å². The first-order valence-electron chi connectivity index (χ1n) is 6.49. The molecule has 0 aromatic carbocycles. The summed E-state index contributed by atoms with van der Waals surface area (Å²) in [4.78, 5) is 1.59. The fourth-order valence-corrected chi connectivity index (χ4v) is 5.03. The summed E-state index contributed by atoms with van der Waals surface area (Å²) in [5.41, 5.74) is 0.586. The van der Waals surface area contributed by atoms with E-state index in [4.69, 9.17) is 0 Å². The first-order chi connectivity index (χ1) is 7.82. The van der Waals surface area contributed by atoms with E-state index in [1.165, 1.54) is 38.6 Å². The van der Waals surface area contributed by atoms with Gasteiger partial charge in [0.2, 0.25) is 0 Å². The maximum atomic E-state index is 3.45. The molecule has 2 fully saturated rings. The third kappa shape index (κ3) is 1.72. The third-order valence-corrected chi connectivity index (χ3v) is 5.61. The molecule has 0 amide bonds. The van der Waals surface area contributed by atoms with E-state index < -0.39 is 0 Å². The van der Waals surface area contributed by atoms with Crippen LogP contribution >= 0.6 is 11.3 Å². The van der Waals surface area contributed by atoms with Crippen LogP contribution in [0.25, 0.3) is 0 Å². The number of nitrogens with one attached hydrogen (secondary N) is 1. The minimum absolute atomic E-state index is 0.586. The Morgan fingerprint density at radius 3 is 3.00 bits per heavy atom. The Morgan fingerprint density at radius 2 is 2.44 bits per heavy atom. The van der Waals surface area contributed by atoms with E-state index >= 15 is 0 Å². The monoisotopic (exact) mass is 235 g/mol. The molecule has 1 aromatic heterocycles. The summed E-state index contributed by atoms with van der Waals surface area (Å²) < 4.78 is 0. The Bertz CT molecular complexity index is 346. The second-order valence-electron chi connectivity index (χ2n) is 5.73. The Hall–Kier alpha value is -0.340. The molecule has 2 aliphatic carbocycles. The van der Waals surface area contributed by atoms with E-state index in [-0.39, 0.29) is 0 Å². The molecule has 3 unspecified atom stereocenters. The molecule has 1 N–H and O–H groups in total. The number of fused-ring (bicyclic) bond motifs is 2. The van der Waals surface area contributed by atoms with Crippen LogP contribution < -0.4 is 5.32 Å². The molecular weight excluding hydrogens is 214 g/mol. The smallest absolute Gasteiger partial charge is 0.00513 e. The predicted molar refractivity (Wildman–Crippen MR) is 69.8 cm³/mol. The summed E-state index contributed by atoms with van der Waals surface area (Å²) in [5.74, 6) is 2.03. The highest BCUT2D eigenvalue weighted by molar-refractivity contribution is 7.09. The van der Waals surface area contributed by atoms with Gasteiger partial charge in [-0.3, -0.25) is 0 Å². The molecule has 16 heavy (non-hydrogen) atoms. The SMILES string of the molecule is CNCC1(Cc2cccs2)CC2CCC1C2. The second kappa shape index (κ2) is 4.15. The van der Waals surface area contributed by atoms with Gasteiger partial charge in [0.15, 0.2) is 0 Å². The molecule has 88 valence electrons. The van der Waals surface area contributed by atoms with Crippen LogP contribution in [0, 0.1) is 17.3 Å². The summed E-state index contributed by atoms with van der Waals surface area (Å²) in [5, 5.41) is 5.67. The fourth-order valence-electron chi connectivity index (χ4n) is 4.17. The summed E-state index contributed by atoms with van der Waals surface area (Å²) in [6.07, 6.45) is 7.27. The molecule has 2 bridgehead atoms. The van der Waals surface area contributed by atoms with Crippen molar-refractivity contribution in [2.24, 2.45) is 17.3 Å². The van der Waals surface area contributed by atoms with Crippen LogP contribution in [0.1, 0.15) is 30.6 Å². The van der Waals surface area contributed by atoms with Crippen LogP contribution in [0.4, 0.5) is 0 Å². The molecule has 1 heterocycles. The minimum atomic E-state index is 0.586. The third-order valence-electron chi connectivity index (χ3n) is 4.74. The highest BCUT2D eigenvalue weighted by atomic mass is 32.1. The van der Waals surface area contributed by atoms with Crippen molar-refractivity contribution < 1.29 is 0 Å². The van der Waals surface area contributed by atoms with Crippen molar-refractivity contribution in [1.82, 2.24) is 5.32 Å². The molecule has 1 nitrogen and oxygen atoms in total. The molecule has 3 atom stereocenters. The van der Waals surface area contributed by atoms with Gasteiger partial charge in [-0.1, -0.05) is 12.5 Å². The van der Waals surface area contributed by atoms with E-state index in [0.29, 0.717) is 5.41 Å². The molecule has 2 saturated carbocycles. The summed E-state index contributed by atoms with van der Waals surface area (Å²) in [7, 11) is 2.11. The van der Waals surface area contributed by atoms with Gasteiger partial charge in [0.05, 0.1) is 0 Å². The van der Waals surface area contributed by atoms with E-state index in [1.54, 1.807) is 4.88 Å². The van der Waals surface area contributed by atoms with Gasteiger partial charge in [0, 0.05) is 11.4 Å². The molecule has 2 aliphatic rings. The van der Waals surface area contributed by atoms with Gasteiger partial charge < -0.3 is 5.32 Å². The van der Waals surface area contributed by atoms with Gasteiger partial charge in [-0.05, 0) is 61.4 Å². The average Bonchev–Trinajstić information content (AvgIpc) is 2.93. The lowest BCUT2D eigenvalue weighted by Gasteiger charge is -2.37. The Kier molecular flexibility index (Phi) is 2.80. The van der Waals surface area contributed by atoms with Crippen molar-refractivity contribution in [3.05, 3.63) is 22.4 Å². The Morgan fingerprint density at radius 1 is 1.50 bits per heavy atom. The van der Waals surface area contributed by atoms with E-state index in [0.717, 1.165) is 11.8 Å². The van der Waals surface area contributed by atoms with Crippen LogP contribution in [0.2, 0.25) is 0 Å². The molecule has 0 radical (unpaired) electrons. The molecule has 2 heteroatoms. The van der Waals surface area contributed by atoms with Crippen LogP contribution in [0.15, 0.2) is 17.5 Å². The molecule has 3 rings (SSSR count). The van der Waals surface area contributed by atoms with Crippen LogP contribution in [-0.4, -0.2) is 13.6 Å². The standard InChI is InChI=1S/C14H21NS/c1-15-10-14(9-13-3-2-6-16-13)8-11-4-5-12(14)7-11/h2-3,6,11-12,15H,4-5,7-10H2,1H3. The normalized spacial score (nSPS) is 37.1. The quantitative estimate of drug-likeness (QED) is 0.844. The van der Waals surface area contributed by atoms with Gasteiger partial charge in [0.1, 0.15) is 0 Å². The summed E-state index contributed by atoms with van der Waals surface area (Å²) in [6, 6.07) is 4.51. The number of rotatable bonds is 4. The first kappa shape index (κ1) is 10.8. The topological polar surface area (TPSA) is 12.0 Å². The Balaban J connectivity index is 1.81. The fraction of sp³-hybridized carbons (Fsp3) is 0.714. The maximum absolute atomic E-state index is 3.45. The lowest BCUT2D eigenvalue weighted by molar-refractivity contribution is 0.161. The van der Waals surface area contributed by atoms with Gasteiger partial charge in [-0.2, -0.15) is 0 Å². The molecule has 0 saturated heterocycles. The van der Waals surface area contributed by atoms with Crippen LogP contribution in [0.5, 0.6) is 0 Å². The minimum Gasteiger partial charge on any atom is -0.319 e. The van der Waals surface area contributed by atoms with Crippen molar-refractivity contribution in [2.45, 2.75) is 32.1 Å². The molecule has 1 aromatic rings. The average molecular weight is 235 g/mol. The van der Waals surface area contributed by atoms with Gasteiger partial charge in [0.25, 0.3) is 0 Å². The number of hydrogen-bond donors (Lipinski definition) is 1. The number of thiophene rings is 1. The molecule has 0 aliphatic heterocycles. The first-order valence-corrected chi connectivity index (χ1v) is 7.37. The largest absolute Gasteiger partial charge is 0.319 e. The maximum Gasteiger partial charge on any atom is 0.00513 e. The zero-order valence-corrected chi connectivity index (χ0v) is 10.9. The van der Waals surface area contributed by atoms with E-state index in [9.17, 15) is 0 Å². The van der Waals surface area contributed by atoms with Crippen molar-refractivity contribution in [1.29, 1.82) is 0 Å². The lowest BCUT2D eigenvalue weighted by atomic mass is 9.70. The predicted octanol–water partition coefficient (Wildman–Crippen LogP) is 3.32. The highest BCUT2D eigenvalue weighted by Crippen LogP contribution is 2.57. The van der Waals surface area contributed by atoms with Gasteiger partial charge in [-0.25, -0.2) is 0 Å². The van der Waals surface area contributed by atoms with Crippen molar-refractivity contribution in [3.8, 4) is 0 Å². The van der Waals surface area contributed by atoms with Gasteiger partial charge in [-0.15, -0.1) is 11.3 Å². The summed E-state index contributed by atoms with van der Waals surface area (Å²) >= 11 is 1.93. The van der Waals surface area contributed by atoms with Crippen LogP contribution in [0.3, 0.4) is 0 Å². The van der Waals surface area contributed by atoms with Crippen molar-refractivity contribution in [2.75, 3.05) is 13.6 Å².